The number of anilines is 1. The molecule has 5 nitrogen and oxygen atoms in total. The number of piperidine rings is 1. The van der Waals surface area contributed by atoms with E-state index in [1.165, 1.54) is 37.8 Å². The molecular formula is C27H35F3N2O3. The van der Waals surface area contributed by atoms with E-state index < -0.39 is 18.2 Å². The lowest BCUT2D eigenvalue weighted by Gasteiger charge is -2.62. The fourth-order valence-corrected chi connectivity index (χ4v) is 8.45. The quantitative estimate of drug-likeness (QED) is 0.526. The Morgan fingerprint density at radius 1 is 1.06 bits per heavy atom. The average molecular weight is 493 g/mol. The molecule has 35 heavy (non-hydrogen) atoms. The number of alkyl halides is 3. The summed E-state index contributed by atoms with van der Waals surface area (Å²) in [6.07, 6.45) is 4.19. The molecule has 1 saturated heterocycles. The number of halogens is 3. The highest BCUT2D eigenvalue weighted by molar-refractivity contribution is 6.07. The molecule has 4 aliphatic rings. The maximum atomic E-state index is 13.3. The monoisotopic (exact) mass is 492 g/mol. The molecule has 1 aromatic rings. The molecule has 1 aliphatic heterocycles. The first kappa shape index (κ1) is 24.4. The van der Waals surface area contributed by atoms with Crippen molar-refractivity contribution < 1.29 is 27.5 Å². The standard InChI is InChI=1S/C27H35F3N2O3/c1-25-13-4-5-20(25)18-10-11-22-26(2,21(18)12-14-25)15-19(24(34)32(22)3)23(33)31-16-6-8-17(9-7-16)35-27(28,29)30/h6-9,18-22H,4-5,10-15H2,1-3H3,(H,31,33)/t18-,19?,20-,21+,22?,25-,26+/m0/s1. The molecule has 0 aromatic heterocycles. The van der Waals surface area contributed by atoms with E-state index in [-0.39, 0.29) is 23.1 Å². The van der Waals surface area contributed by atoms with Gasteiger partial charge in [0, 0.05) is 18.8 Å². The molecule has 192 valence electrons. The summed E-state index contributed by atoms with van der Waals surface area (Å²) >= 11 is 0. The molecular weight excluding hydrogens is 457 g/mol. The summed E-state index contributed by atoms with van der Waals surface area (Å²) in [5.74, 6) is 0.182. The number of benzene rings is 1. The van der Waals surface area contributed by atoms with Crippen LogP contribution in [0.15, 0.2) is 24.3 Å². The Balaban J connectivity index is 1.34. The maximum absolute atomic E-state index is 13.3. The zero-order valence-corrected chi connectivity index (χ0v) is 20.7. The number of hydrogen-bond donors (Lipinski definition) is 1. The Hall–Kier alpha value is -2.25. The average Bonchev–Trinajstić information content (AvgIpc) is 3.18. The number of hydrogen-bond acceptors (Lipinski definition) is 3. The molecule has 0 bridgehead atoms. The third kappa shape index (κ3) is 4.20. The number of carbonyl (C=O) groups excluding carboxylic acids is 2. The molecule has 3 saturated carbocycles. The number of fused-ring (bicyclic) bond motifs is 5. The SMILES string of the molecule is CN1C(=O)C(C(=O)Nc2ccc(OC(F)(F)F)cc2)C[C@@]2(C)C1CC[C@@H]1[C@H]2CC[C@]2(C)CCC[C@@H]12. The lowest BCUT2D eigenvalue weighted by Crippen LogP contribution is -2.64. The second kappa shape index (κ2) is 8.41. The highest BCUT2D eigenvalue weighted by Crippen LogP contribution is 2.65. The number of likely N-dealkylation sites (tertiary alicyclic amines) is 1. The van der Waals surface area contributed by atoms with E-state index in [1.54, 1.807) is 0 Å². The minimum atomic E-state index is -4.78. The van der Waals surface area contributed by atoms with Crippen molar-refractivity contribution in [1.82, 2.24) is 4.90 Å². The second-order valence-corrected chi connectivity index (χ2v) is 11.8. The van der Waals surface area contributed by atoms with Crippen molar-refractivity contribution in [2.45, 2.75) is 77.6 Å². The summed E-state index contributed by atoms with van der Waals surface area (Å²) in [6.45, 7) is 4.76. The maximum Gasteiger partial charge on any atom is 0.573 e. The highest BCUT2D eigenvalue weighted by Gasteiger charge is 2.61. The largest absolute Gasteiger partial charge is 0.573 e. The molecule has 1 aromatic carbocycles. The first-order valence-corrected chi connectivity index (χ1v) is 12.8. The van der Waals surface area contributed by atoms with Gasteiger partial charge >= 0.3 is 6.36 Å². The topological polar surface area (TPSA) is 58.6 Å². The highest BCUT2D eigenvalue weighted by atomic mass is 19.4. The van der Waals surface area contributed by atoms with Gasteiger partial charge in [0.15, 0.2) is 0 Å². The van der Waals surface area contributed by atoms with Gasteiger partial charge in [-0.05, 0) is 97.8 Å². The van der Waals surface area contributed by atoms with Crippen molar-refractivity contribution in [1.29, 1.82) is 0 Å². The Kier molecular flexibility index (Phi) is 5.87. The first-order chi connectivity index (χ1) is 16.4. The fourth-order valence-electron chi connectivity index (χ4n) is 8.45. The number of nitrogens with one attached hydrogen (secondary N) is 1. The van der Waals surface area contributed by atoms with Crippen LogP contribution < -0.4 is 10.1 Å². The van der Waals surface area contributed by atoms with Crippen LogP contribution in [0.1, 0.15) is 65.2 Å². The van der Waals surface area contributed by atoms with Crippen molar-refractivity contribution in [3.05, 3.63) is 24.3 Å². The van der Waals surface area contributed by atoms with E-state index >= 15 is 0 Å². The van der Waals surface area contributed by atoms with Crippen molar-refractivity contribution in [3.63, 3.8) is 0 Å². The molecule has 7 atom stereocenters. The lowest BCUT2D eigenvalue weighted by molar-refractivity contribution is -0.274. The van der Waals surface area contributed by atoms with Gasteiger partial charge in [-0.15, -0.1) is 13.2 Å². The van der Waals surface area contributed by atoms with Crippen molar-refractivity contribution in [2.24, 2.45) is 34.5 Å². The van der Waals surface area contributed by atoms with Crippen LogP contribution in [0.2, 0.25) is 0 Å². The predicted octanol–water partition coefficient (Wildman–Crippen LogP) is 6.00. The zero-order chi connectivity index (χ0) is 25.2. The van der Waals surface area contributed by atoms with Crippen LogP contribution in [0.4, 0.5) is 18.9 Å². The molecule has 2 unspecified atom stereocenters. The summed E-state index contributed by atoms with van der Waals surface area (Å²) in [7, 11) is 1.83. The summed E-state index contributed by atoms with van der Waals surface area (Å²) in [5.41, 5.74) is 0.662. The van der Waals surface area contributed by atoms with E-state index in [0.29, 0.717) is 29.4 Å². The smallest absolute Gasteiger partial charge is 0.406 e. The van der Waals surface area contributed by atoms with Crippen LogP contribution in [0.25, 0.3) is 0 Å². The normalized spacial score (nSPS) is 38.9. The van der Waals surface area contributed by atoms with Crippen LogP contribution in [-0.2, 0) is 9.59 Å². The molecule has 4 fully saturated rings. The lowest BCUT2D eigenvalue weighted by atomic mass is 9.47. The van der Waals surface area contributed by atoms with Gasteiger partial charge in [-0.25, -0.2) is 0 Å². The van der Waals surface area contributed by atoms with Gasteiger partial charge < -0.3 is 15.0 Å². The Morgan fingerprint density at radius 3 is 2.46 bits per heavy atom. The molecule has 1 heterocycles. The molecule has 2 amide bonds. The van der Waals surface area contributed by atoms with E-state index in [4.69, 9.17) is 0 Å². The van der Waals surface area contributed by atoms with Crippen LogP contribution in [0.3, 0.4) is 0 Å². The van der Waals surface area contributed by atoms with Gasteiger partial charge in [-0.3, -0.25) is 9.59 Å². The van der Waals surface area contributed by atoms with E-state index in [9.17, 15) is 22.8 Å². The number of carbonyl (C=O) groups is 2. The number of nitrogens with zero attached hydrogens (tertiary/aromatic N) is 1. The third-order valence-electron chi connectivity index (χ3n) is 10.0. The molecule has 5 rings (SSSR count). The van der Waals surface area contributed by atoms with Crippen molar-refractivity contribution >= 4 is 17.5 Å². The zero-order valence-electron chi connectivity index (χ0n) is 20.7. The number of ether oxygens (including phenoxy) is 1. The Bertz CT molecular complexity index is 996. The Labute approximate surface area is 204 Å². The van der Waals surface area contributed by atoms with E-state index in [2.05, 4.69) is 23.9 Å². The summed E-state index contributed by atoms with van der Waals surface area (Å²) in [4.78, 5) is 28.4. The van der Waals surface area contributed by atoms with Gasteiger partial charge in [0.25, 0.3) is 0 Å². The van der Waals surface area contributed by atoms with Crippen LogP contribution >= 0.6 is 0 Å². The van der Waals surface area contributed by atoms with Crippen molar-refractivity contribution in [3.8, 4) is 5.75 Å². The van der Waals surface area contributed by atoms with E-state index in [1.807, 2.05) is 11.9 Å². The Morgan fingerprint density at radius 2 is 1.77 bits per heavy atom. The molecule has 3 aliphatic carbocycles. The van der Waals surface area contributed by atoms with Gasteiger partial charge in [0.2, 0.25) is 11.8 Å². The third-order valence-corrected chi connectivity index (χ3v) is 10.0. The van der Waals surface area contributed by atoms with Gasteiger partial charge in [-0.2, -0.15) is 0 Å². The predicted molar refractivity (Wildman–Crippen MR) is 125 cm³/mol. The molecule has 0 radical (unpaired) electrons. The van der Waals surface area contributed by atoms with Crippen molar-refractivity contribution in [2.75, 3.05) is 12.4 Å². The van der Waals surface area contributed by atoms with Gasteiger partial charge in [0.05, 0.1) is 0 Å². The number of amides is 2. The van der Waals surface area contributed by atoms with Crippen LogP contribution in [0, 0.1) is 34.5 Å². The first-order valence-electron chi connectivity index (χ1n) is 12.8. The molecule has 8 heteroatoms. The molecule has 0 spiro atoms. The van der Waals surface area contributed by atoms with E-state index in [0.717, 1.165) is 37.3 Å². The van der Waals surface area contributed by atoms with Crippen LogP contribution in [0.5, 0.6) is 5.75 Å². The minimum Gasteiger partial charge on any atom is -0.406 e. The van der Waals surface area contributed by atoms with Gasteiger partial charge in [-0.1, -0.05) is 20.3 Å². The minimum absolute atomic E-state index is 0.123. The van der Waals surface area contributed by atoms with Crippen LogP contribution in [-0.4, -0.2) is 36.2 Å². The second-order valence-electron chi connectivity index (χ2n) is 11.8. The fraction of sp³-hybridized carbons (Fsp3) is 0.704. The summed E-state index contributed by atoms with van der Waals surface area (Å²) in [5, 5.41) is 2.76. The van der Waals surface area contributed by atoms with Gasteiger partial charge in [0.1, 0.15) is 11.7 Å². The summed E-state index contributed by atoms with van der Waals surface area (Å²) < 4.78 is 41.2. The summed E-state index contributed by atoms with van der Waals surface area (Å²) in [6, 6.07) is 5.17. The molecule has 1 N–H and O–H groups in total. The number of rotatable bonds is 3.